The fourth-order valence-electron chi connectivity index (χ4n) is 2.70. The number of pyridine rings is 1. The van der Waals surface area contributed by atoms with Gasteiger partial charge in [-0.2, -0.15) is 13.2 Å². The van der Waals surface area contributed by atoms with Crippen LogP contribution in [0.15, 0.2) is 36.5 Å². The number of hydrogen-bond donors (Lipinski definition) is 1. The lowest BCUT2D eigenvalue weighted by Crippen LogP contribution is -2.33. The lowest BCUT2D eigenvalue weighted by atomic mass is 9.97. The zero-order chi connectivity index (χ0) is 18.2. The minimum Gasteiger partial charge on any atom is -0.475 e. The molecular weight excluding hydrogens is 357 g/mol. The maximum atomic E-state index is 13.0. The van der Waals surface area contributed by atoms with Crippen molar-refractivity contribution in [3.63, 3.8) is 0 Å². The molecule has 2 aromatic rings. The van der Waals surface area contributed by atoms with Crippen molar-refractivity contribution in [2.45, 2.75) is 25.1 Å². The van der Waals surface area contributed by atoms with Crippen LogP contribution in [-0.4, -0.2) is 17.5 Å². The van der Waals surface area contributed by atoms with E-state index in [2.05, 4.69) is 10.3 Å². The molecule has 1 aromatic carbocycles. The standard InChI is InChI=1S/C17H14ClF3N2O2/c1-9(10-4-2-6-12(14(10)18)17(19,20)21)15(24)23-13-8-25-16-11(13)5-3-7-22-16/h2-7,9,13H,8H2,1H3,(H,23,24)/t9?,13-/m1/s1. The van der Waals surface area contributed by atoms with E-state index in [0.29, 0.717) is 5.88 Å². The maximum absolute atomic E-state index is 13.0. The third-order valence-electron chi connectivity index (χ3n) is 4.07. The molecule has 0 aliphatic carbocycles. The third-order valence-corrected chi connectivity index (χ3v) is 4.49. The zero-order valence-electron chi connectivity index (χ0n) is 13.1. The van der Waals surface area contributed by atoms with Crippen LogP contribution in [0.4, 0.5) is 13.2 Å². The van der Waals surface area contributed by atoms with Crippen molar-refractivity contribution in [2.75, 3.05) is 6.61 Å². The van der Waals surface area contributed by atoms with Crippen molar-refractivity contribution < 1.29 is 22.7 Å². The molecule has 1 aliphatic heterocycles. The van der Waals surface area contributed by atoms with Crippen molar-refractivity contribution >= 4 is 17.5 Å². The summed E-state index contributed by atoms with van der Waals surface area (Å²) in [7, 11) is 0. The van der Waals surface area contributed by atoms with Gasteiger partial charge in [0.25, 0.3) is 0 Å². The number of aromatic nitrogens is 1. The number of nitrogens with one attached hydrogen (secondary N) is 1. The highest BCUT2D eigenvalue weighted by Gasteiger charge is 2.35. The first kappa shape index (κ1) is 17.5. The first-order valence-corrected chi connectivity index (χ1v) is 7.90. The molecular formula is C17H14ClF3N2O2. The molecule has 0 spiro atoms. The molecule has 132 valence electrons. The summed E-state index contributed by atoms with van der Waals surface area (Å²) >= 11 is 5.90. The van der Waals surface area contributed by atoms with Crippen molar-refractivity contribution in [2.24, 2.45) is 0 Å². The number of amides is 1. The summed E-state index contributed by atoms with van der Waals surface area (Å²) in [6.45, 7) is 1.73. The van der Waals surface area contributed by atoms with Gasteiger partial charge in [0.2, 0.25) is 11.8 Å². The molecule has 0 bridgehead atoms. The Kier molecular flexibility index (Phi) is 4.60. The van der Waals surface area contributed by atoms with Crippen molar-refractivity contribution in [3.05, 3.63) is 58.2 Å². The number of nitrogens with zero attached hydrogens (tertiary/aromatic N) is 1. The average molecular weight is 371 g/mol. The monoisotopic (exact) mass is 370 g/mol. The highest BCUT2D eigenvalue weighted by molar-refractivity contribution is 6.32. The van der Waals surface area contributed by atoms with Crippen LogP contribution < -0.4 is 10.1 Å². The van der Waals surface area contributed by atoms with Gasteiger partial charge in [0.1, 0.15) is 6.61 Å². The molecule has 0 saturated heterocycles. The molecule has 0 fully saturated rings. The van der Waals surface area contributed by atoms with Gasteiger partial charge < -0.3 is 10.1 Å². The van der Waals surface area contributed by atoms with E-state index in [1.54, 1.807) is 18.3 Å². The number of halogens is 4. The van der Waals surface area contributed by atoms with Crippen LogP contribution in [0.2, 0.25) is 5.02 Å². The minimum absolute atomic E-state index is 0.124. The van der Waals surface area contributed by atoms with Gasteiger partial charge in [0, 0.05) is 11.8 Å². The number of carbonyl (C=O) groups excluding carboxylic acids is 1. The Bertz CT molecular complexity index is 811. The number of hydrogen-bond acceptors (Lipinski definition) is 3. The molecule has 1 aliphatic rings. The average Bonchev–Trinajstić information content (AvgIpc) is 2.96. The van der Waals surface area contributed by atoms with E-state index in [-0.39, 0.29) is 12.2 Å². The van der Waals surface area contributed by atoms with E-state index in [1.165, 1.54) is 19.1 Å². The van der Waals surface area contributed by atoms with Crippen molar-refractivity contribution in [1.82, 2.24) is 10.3 Å². The normalized spacial score (nSPS) is 17.6. The predicted molar refractivity (Wildman–Crippen MR) is 85.5 cm³/mol. The summed E-state index contributed by atoms with van der Waals surface area (Å²) in [4.78, 5) is 16.5. The molecule has 1 aromatic heterocycles. The van der Waals surface area contributed by atoms with E-state index in [1.807, 2.05) is 0 Å². The maximum Gasteiger partial charge on any atom is 0.417 e. The lowest BCUT2D eigenvalue weighted by molar-refractivity contribution is -0.137. The molecule has 3 rings (SSSR count). The Hall–Kier alpha value is -2.28. The fourth-order valence-corrected chi connectivity index (χ4v) is 3.10. The second-order valence-corrected chi connectivity index (χ2v) is 6.08. The van der Waals surface area contributed by atoms with Gasteiger partial charge in [-0.3, -0.25) is 4.79 Å². The summed E-state index contributed by atoms with van der Waals surface area (Å²) < 4.78 is 44.3. The van der Waals surface area contributed by atoms with E-state index >= 15 is 0 Å². The lowest BCUT2D eigenvalue weighted by Gasteiger charge is -2.19. The molecule has 2 heterocycles. The molecule has 25 heavy (non-hydrogen) atoms. The summed E-state index contributed by atoms with van der Waals surface area (Å²) in [6, 6.07) is 6.66. The van der Waals surface area contributed by atoms with Crippen molar-refractivity contribution in [3.8, 4) is 5.88 Å². The third kappa shape index (κ3) is 3.42. The number of benzene rings is 1. The van der Waals surface area contributed by atoms with Crippen LogP contribution in [0.25, 0.3) is 0 Å². The van der Waals surface area contributed by atoms with Crippen LogP contribution >= 0.6 is 11.6 Å². The summed E-state index contributed by atoms with van der Waals surface area (Å²) in [6.07, 6.45) is -3.00. The van der Waals surface area contributed by atoms with Crippen LogP contribution in [0.5, 0.6) is 5.88 Å². The van der Waals surface area contributed by atoms with Crippen LogP contribution in [-0.2, 0) is 11.0 Å². The van der Waals surface area contributed by atoms with Gasteiger partial charge in [0.05, 0.1) is 22.5 Å². The van der Waals surface area contributed by atoms with Gasteiger partial charge in [-0.15, -0.1) is 0 Å². The molecule has 1 N–H and O–H groups in total. The number of alkyl halides is 3. The number of ether oxygens (including phenoxy) is 1. The second-order valence-electron chi connectivity index (χ2n) is 5.70. The largest absolute Gasteiger partial charge is 0.475 e. The van der Waals surface area contributed by atoms with E-state index < -0.39 is 34.6 Å². The highest BCUT2D eigenvalue weighted by atomic mass is 35.5. The van der Waals surface area contributed by atoms with Gasteiger partial charge >= 0.3 is 6.18 Å². The Morgan fingerprint density at radius 3 is 2.84 bits per heavy atom. The quantitative estimate of drug-likeness (QED) is 0.884. The Balaban J connectivity index is 1.80. The van der Waals surface area contributed by atoms with Gasteiger partial charge in [-0.05, 0) is 30.7 Å². The molecule has 4 nitrogen and oxygen atoms in total. The first-order valence-electron chi connectivity index (χ1n) is 7.52. The van der Waals surface area contributed by atoms with E-state index in [4.69, 9.17) is 16.3 Å². The van der Waals surface area contributed by atoms with Gasteiger partial charge in [0.15, 0.2) is 0 Å². The summed E-state index contributed by atoms with van der Waals surface area (Å²) in [5.41, 5.74) is -0.0948. The number of fused-ring (bicyclic) bond motifs is 1. The SMILES string of the molecule is CC(C(=O)N[C@@H]1COc2ncccc21)c1cccc(C(F)(F)F)c1Cl. The summed E-state index contributed by atoms with van der Waals surface area (Å²) in [5, 5.41) is 2.32. The fraction of sp³-hybridized carbons (Fsp3) is 0.294. The molecule has 0 saturated carbocycles. The van der Waals surface area contributed by atoms with E-state index in [9.17, 15) is 18.0 Å². The summed E-state index contributed by atoms with van der Waals surface area (Å²) in [5.74, 6) is -0.848. The second kappa shape index (κ2) is 6.55. The molecule has 1 amide bonds. The predicted octanol–water partition coefficient (Wildman–Crippen LogP) is 4.11. The molecule has 1 unspecified atom stereocenters. The Morgan fingerprint density at radius 1 is 1.36 bits per heavy atom. The van der Waals surface area contributed by atoms with Crippen molar-refractivity contribution in [1.29, 1.82) is 0 Å². The number of carbonyl (C=O) groups is 1. The smallest absolute Gasteiger partial charge is 0.417 e. The highest BCUT2D eigenvalue weighted by Crippen LogP contribution is 2.38. The van der Waals surface area contributed by atoms with E-state index in [0.717, 1.165) is 11.6 Å². The van der Waals surface area contributed by atoms with Crippen LogP contribution in [0, 0.1) is 0 Å². The van der Waals surface area contributed by atoms with Crippen LogP contribution in [0.1, 0.15) is 35.6 Å². The van der Waals surface area contributed by atoms with Gasteiger partial charge in [-0.25, -0.2) is 4.98 Å². The molecule has 0 radical (unpaired) electrons. The Morgan fingerprint density at radius 2 is 2.12 bits per heavy atom. The Labute approximate surface area is 147 Å². The zero-order valence-corrected chi connectivity index (χ0v) is 13.9. The topological polar surface area (TPSA) is 51.2 Å². The number of rotatable bonds is 3. The first-order chi connectivity index (χ1) is 11.8. The molecule has 8 heteroatoms. The minimum atomic E-state index is -4.58. The van der Waals surface area contributed by atoms with Crippen LogP contribution in [0.3, 0.4) is 0 Å². The van der Waals surface area contributed by atoms with Gasteiger partial charge in [-0.1, -0.05) is 23.7 Å². The molecule has 2 atom stereocenters.